The van der Waals surface area contributed by atoms with Crippen LogP contribution in [0.25, 0.3) is 0 Å². The van der Waals surface area contributed by atoms with Crippen molar-refractivity contribution in [3.63, 3.8) is 0 Å². The summed E-state index contributed by atoms with van der Waals surface area (Å²) < 4.78 is 0. The van der Waals surface area contributed by atoms with Gasteiger partial charge in [-0.15, -0.1) is 0 Å². The van der Waals surface area contributed by atoms with Gasteiger partial charge in [-0.1, -0.05) is 61.5 Å². The number of nitrogens with zero attached hydrogens (tertiary/aromatic N) is 1. The first-order valence-corrected chi connectivity index (χ1v) is 9.58. The smallest absolute Gasteiger partial charge is 0.258 e. The van der Waals surface area contributed by atoms with E-state index in [1.165, 1.54) is 11.1 Å². The van der Waals surface area contributed by atoms with Gasteiger partial charge in [0.1, 0.15) is 0 Å². The molecule has 0 saturated heterocycles. The van der Waals surface area contributed by atoms with Crippen molar-refractivity contribution in [2.24, 2.45) is 0 Å². The first kappa shape index (κ1) is 18.4. The number of nitro benzene ring substituents is 1. The molecule has 0 aromatic heterocycles. The molecule has 2 aliphatic carbocycles. The Bertz CT molecular complexity index is 700. The second-order valence-corrected chi connectivity index (χ2v) is 10.9. The molecule has 2 aliphatic rings. The Labute approximate surface area is 152 Å². The maximum absolute atomic E-state index is 12.3. The third-order valence-electron chi connectivity index (χ3n) is 7.05. The van der Waals surface area contributed by atoms with E-state index in [4.69, 9.17) is 0 Å². The molecule has 0 saturated carbocycles. The van der Waals surface area contributed by atoms with Crippen LogP contribution in [0, 0.1) is 10.1 Å². The normalized spacial score (nSPS) is 25.0. The van der Waals surface area contributed by atoms with Gasteiger partial charge in [-0.05, 0) is 58.5 Å². The minimum atomic E-state index is -0.153. The fourth-order valence-corrected chi connectivity index (χ4v) is 5.06. The van der Waals surface area contributed by atoms with Crippen molar-refractivity contribution in [1.29, 1.82) is 0 Å². The Balaban J connectivity index is 2.53. The minimum absolute atomic E-state index is 0.0116. The Kier molecular flexibility index (Phi) is 3.74. The predicted octanol–water partition coefficient (Wildman–Crippen LogP) is 6.29. The van der Waals surface area contributed by atoms with Crippen LogP contribution in [0.1, 0.15) is 103 Å². The largest absolute Gasteiger partial charge is 0.277 e. The van der Waals surface area contributed by atoms with Crippen LogP contribution in [0.4, 0.5) is 5.69 Å². The summed E-state index contributed by atoms with van der Waals surface area (Å²) in [4.78, 5) is 12.3. The first-order chi connectivity index (χ1) is 11.2. The molecule has 0 aliphatic heterocycles. The lowest BCUT2D eigenvalue weighted by Crippen LogP contribution is -2.40. The van der Waals surface area contributed by atoms with E-state index in [1.54, 1.807) is 0 Å². The average molecular weight is 344 g/mol. The zero-order valence-corrected chi connectivity index (χ0v) is 17.2. The minimum Gasteiger partial charge on any atom is -0.258 e. The molecule has 25 heavy (non-hydrogen) atoms. The Hall–Kier alpha value is -1.38. The third-order valence-corrected chi connectivity index (χ3v) is 7.05. The number of rotatable bonds is 1. The van der Waals surface area contributed by atoms with Crippen LogP contribution in [-0.2, 0) is 21.7 Å². The Morgan fingerprint density at radius 2 is 1.04 bits per heavy atom. The molecule has 1 aromatic carbocycles. The number of benzene rings is 1. The van der Waals surface area contributed by atoms with E-state index in [1.807, 2.05) is 0 Å². The average Bonchev–Trinajstić information content (AvgIpc) is 2.47. The SMILES string of the molecule is CC1(C)CCC(C)(C)c2c1cc1c(c2[N+](=O)[O-])C(C)(C)CCC1(C)C. The van der Waals surface area contributed by atoms with E-state index in [2.05, 4.69) is 61.5 Å². The van der Waals surface area contributed by atoms with Gasteiger partial charge < -0.3 is 0 Å². The molecule has 0 radical (unpaired) electrons. The summed E-state index contributed by atoms with van der Waals surface area (Å²) in [6, 6.07) is 2.35. The highest BCUT2D eigenvalue weighted by molar-refractivity contribution is 5.65. The van der Waals surface area contributed by atoms with Crippen molar-refractivity contribution in [1.82, 2.24) is 0 Å². The van der Waals surface area contributed by atoms with E-state index in [0.717, 1.165) is 36.8 Å². The van der Waals surface area contributed by atoms with Gasteiger partial charge in [0, 0.05) is 11.1 Å². The highest BCUT2D eigenvalue weighted by Crippen LogP contribution is 2.57. The van der Waals surface area contributed by atoms with Crippen LogP contribution in [-0.4, -0.2) is 4.92 Å². The number of hydrogen-bond acceptors (Lipinski definition) is 2. The third kappa shape index (κ3) is 2.62. The van der Waals surface area contributed by atoms with Crippen molar-refractivity contribution < 1.29 is 4.92 Å². The zero-order chi connectivity index (χ0) is 19.0. The summed E-state index contributed by atoms with van der Waals surface area (Å²) in [7, 11) is 0. The maximum atomic E-state index is 12.3. The van der Waals surface area contributed by atoms with E-state index in [-0.39, 0.29) is 26.6 Å². The summed E-state index contributed by atoms with van der Waals surface area (Å²) in [6.45, 7) is 17.7. The van der Waals surface area contributed by atoms with Crippen molar-refractivity contribution >= 4 is 5.69 Å². The van der Waals surface area contributed by atoms with Crippen molar-refractivity contribution in [2.75, 3.05) is 0 Å². The van der Waals surface area contributed by atoms with Crippen LogP contribution >= 0.6 is 0 Å². The zero-order valence-electron chi connectivity index (χ0n) is 17.2. The lowest BCUT2D eigenvalue weighted by atomic mass is 9.56. The molecule has 138 valence electrons. The molecule has 1 aromatic rings. The summed E-state index contributed by atoms with van der Waals surface area (Å²) >= 11 is 0. The van der Waals surface area contributed by atoms with Crippen LogP contribution in [0.15, 0.2) is 6.07 Å². The Morgan fingerprint density at radius 3 is 1.36 bits per heavy atom. The fraction of sp³-hybridized carbons (Fsp3) is 0.727. The molecule has 0 unspecified atom stereocenters. The Morgan fingerprint density at radius 1 is 0.720 bits per heavy atom. The van der Waals surface area contributed by atoms with Gasteiger partial charge >= 0.3 is 0 Å². The fourth-order valence-electron chi connectivity index (χ4n) is 5.06. The molecule has 3 heteroatoms. The monoisotopic (exact) mass is 343 g/mol. The quantitative estimate of drug-likeness (QED) is 0.444. The molecule has 0 bridgehead atoms. The van der Waals surface area contributed by atoms with Crippen molar-refractivity contribution in [3.8, 4) is 0 Å². The van der Waals surface area contributed by atoms with Gasteiger partial charge in [0.25, 0.3) is 5.69 Å². The molecule has 0 N–H and O–H groups in total. The first-order valence-electron chi connectivity index (χ1n) is 9.58. The van der Waals surface area contributed by atoms with E-state index >= 15 is 0 Å². The predicted molar refractivity (Wildman–Crippen MR) is 104 cm³/mol. The molecule has 0 spiro atoms. The lowest BCUT2D eigenvalue weighted by Gasteiger charge is -2.47. The topological polar surface area (TPSA) is 43.1 Å². The van der Waals surface area contributed by atoms with E-state index in [9.17, 15) is 10.1 Å². The van der Waals surface area contributed by atoms with Crippen LogP contribution in [0.3, 0.4) is 0 Å². The standard InChI is InChI=1S/C22H33NO2/c1-19(2)9-11-21(5,6)16-14(19)13-15-17(18(16)23(24)25)22(7,8)12-10-20(15,3)4/h13H,9-12H2,1-8H3. The van der Waals surface area contributed by atoms with Gasteiger partial charge in [-0.2, -0.15) is 0 Å². The van der Waals surface area contributed by atoms with Crippen LogP contribution in [0.2, 0.25) is 0 Å². The van der Waals surface area contributed by atoms with Gasteiger partial charge in [-0.3, -0.25) is 10.1 Å². The van der Waals surface area contributed by atoms with E-state index in [0.29, 0.717) is 5.69 Å². The second-order valence-electron chi connectivity index (χ2n) is 10.9. The number of nitro groups is 1. The van der Waals surface area contributed by atoms with Gasteiger partial charge in [0.15, 0.2) is 0 Å². The molecule has 3 nitrogen and oxygen atoms in total. The molecular formula is C22H33NO2. The molecule has 0 heterocycles. The number of hydrogen-bond donors (Lipinski definition) is 0. The molecular weight excluding hydrogens is 310 g/mol. The highest BCUT2D eigenvalue weighted by atomic mass is 16.6. The van der Waals surface area contributed by atoms with E-state index < -0.39 is 0 Å². The molecule has 0 fully saturated rings. The molecule has 3 rings (SSSR count). The molecule has 0 atom stereocenters. The summed E-state index contributed by atoms with van der Waals surface area (Å²) in [6.07, 6.45) is 4.15. The highest BCUT2D eigenvalue weighted by Gasteiger charge is 2.49. The van der Waals surface area contributed by atoms with Crippen molar-refractivity contribution in [3.05, 3.63) is 38.4 Å². The lowest BCUT2D eigenvalue weighted by molar-refractivity contribution is -0.387. The summed E-state index contributed by atoms with van der Waals surface area (Å²) in [5, 5.41) is 12.3. The van der Waals surface area contributed by atoms with Crippen LogP contribution in [0.5, 0.6) is 0 Å². The van der Waals surface area contributed by atoms with Gasteiger partial charge in [0.05, 0.1) is 4.92 Å². The van der Waals surface area contributed by atoms with Crippen LogP contribution < -0.4 is 0 Å². The summed E-state index contributed by atoms with van der Waals surface area (Å²) in [5.74, 6) is 0. The van der Waals surface area contributed by atoms with Gasteiger partial charge in [-0.25, -0.2) is 0 Å². The van der Waals surface area contributed by atoms with Crippen molar-refractivity contribution in [2.45, 2.75) is 103 Å². The van der Waals surface area contributed by atoms with Gasteiger partial charge in [0.2, 0.25) is 0 Å². The maximum Gasteiger partial charge on any atom is 0.277 e. The second kappa shape index (κ2) is 5.08. The summed E-state index contributed by atoms with van der Waals surface area (Å²) in [5.41, 5.74) is 4.50. The number of fused-ring (bicyclic) bond motifs is 2. The molecule has 0 amide bonds.